The highest BCUT2D eigenvalue weighted by molar-refractivity contribution is 8.13. The summed E-state index contributed by atoms with van der Waals surface area (Å²) in [4.78, 5) is 11.3. The summed E-state index contributed by atoms with van der Waals surface area (Å²) in [7, 11) is 1.05. The van der Waals surface area contributed by atoms with Crippen LogP contribution < -0.4 is 10.1 Å². The maximum Gasteiger partial charge on any atom is 0.265 e. The van der Waals surface area contributed by atoms with Crippen LogP contribution in [0.2, 0.25) is 0 Å². The van der Waals surface area contributed by atoms with Crippen LogP contribution in [-0.2, 0) is 13.8 Å². The van der Waals surface area contributed by atoms with Crippen LogP contribution in [0.5, 0.6) is 5.75 Å². The molecule has 0 heterocycles. The Labute approximate surface area is 127 Å². The average molecular weight is 338 g/mol. The van der Waals surface area contributed by atoms with Crippen LogP contribution in [0.25, 0.3) is 0 Å². The van der Waals surface area contributed by atoms with Crippen molar-refractivity contribution in [2.24, 2.45) is 0 Å². The van der Waals surface area contributed by atoms with Gasteiger partial charge in [0.05, 0.1) is 0 Å². The van der Waals surface area contributed by atoms with Gasteiger partial charge in [-0.15, -0.1) is 0 Å². The number of amides is 1. The van der Waals surface area contributed by atoms with E-state index in [9.17, 15) is 17.6 Å². The minimum atomic E-state index is -4.18. The second-order valence-electron chi connectivity index (χ2n) is 4.61. The third-order valence-electron chi connectivity index (χ3n) is 2.84. The fourth-order valence-corrected chi connectivity index (χ4v) is 2.45. The predicted molar refractivity (Wildman–Crippen MR) is 77.4 cm³/mol. The summed E-state index contributed by atoms with van der Waals surface area (Å²) >= 11 is 0. The molecular weight excluding hydrogens is 321 g/mol. The zero-order chi connectivity index (χ0) is 16.2. The van der Waals surface area contributed by atoms with E-state index < -0.39 is 31.8 Å². The van der Waals surface area contributed by atoms with E-state index in [2.05, 4.69) is 5.32 Å². The van der Waals surface area contributed by atoms with Crippen molar-refractivity contribution >= 4 is 25.6 Å². The number of hydrogen-bond acceptors (Lipinski definition) is 4. The molecule has 0 fully saturated rings. The minimum Gasteiger partial charge on any atom is -0.479 e. The first-order chi connectivity index (χ1) is 9.65. The van der Waals surface area contributed by atoms with Gasteiger partial charge in [-0.3, -0.25) is 4.79 Å². The molecule has 118 valence electrons. The summed E-state index contributed by atoms with van der Waals surface area (Å²) in [5, 5.41) is 2.70. The number of carbonyl (C=O) groups is 1. The van der Waals surface area contributed by atoms with Gasteiger partial charge in [-0.1, -0.05) is 6.92 Å². The molecule has 0 spiro atoms. The molecule has 0 aromatic heterocycles. The quantitative estimate of drug-likeness (QED) is 0.809. The second kappa shape index (κ2) is 7.09. The van der Waals surface area contributed by atoms with E-state index in [1.165, 1.54) is 6.92 Å². The number of halogens is 2. The van der Waals surface area contributed by atoms with Gasteiger partial charge >= 0.3 is 0 Å². The van der Waals surface area contributed by atoms with Gasteiger partial charge in [0.25, 0.3) is 15.0 Å². The highest BCUT2D eigenvalue weighted by Gasteiger charge is 2.22. The van der Waals surface area contributed by atoms with Crippen molar-refractivity contribution in [3.8, 4) is 5.75 Å². The monoisotopic (exact) mass is 337 g/mol. The standard InChI is InChI=1S/C13H17ClFNO4S/c1-4-8(2)16-13(17)9(3)20-11-6-5-10(15)7-12(11)21(14,18)19/h5-9H,4H2,1-3H3,(H,16,17). The van der Waals surface area contributed by atoms with Gasteiger partial charge in [0.15, 0.2) is 6.10 Å². The molecule has 0 bridgehead atoms. The minimum absolute atomic E-state index is 0.0343. The average Bonchev–Trinajstić information content (AvgIpc) is 2.39. The van der Waals surface area contributed by atoms with Crippen LogP contribution in [0.4, 0.5) is 4.39 Å². The summed E-state index contributed by atoms with van der Waals surface area (Å²) in [5.41, 5.74) is 0. The first kappa shape index (κ1) is 17.7. The van der Waals surface area contributed by atoms with E-state index in [0.717, 1.165) is 24.6 Å². The number of hydrogen-bond donors (Lipinski definition) is 1. The second-order valence-corrected chi connectivity index (χ2v) is 7.14. The van der Waals surface area contributed by atoms with Crippen molar-refractivity contribution in [3.63, 3.8) is 0 Å². The van der Waals surface area contributed by atoms with E-state index in [1.807, 2.05) is 13.8 Å². The highest BCUT2D eigenvalue weighted by atomic mass is 35.7. The topological polar surface area (TPSA) is 72.5 Å². The lowest BCUT2D eigenvalue weighted by atomic mass is 10.2. The van der Waals surface area contributed by atoms with Crippen LogP contribution in [0, 0.1) is 5.82 Å². The van der Waals surface area contributed by atoms with E-state index in [1.54, 1.807) is 0 Å². The van der Waals surface area contributed by atoms with Crippen molar-refractivity contribution in [1.29, 1.82) is 0 Å². The molecule has 0 aliphatic heterocycles. The Morgan fingerprint density at radius 3 is 2.57 bits per heavy atom. The van der Waals surface area contributed by atoms with E-state index >= 15 is 0 Å². The lowest BCUT2D eigenvalue weighted by Gasteiger charge is -2.18. The third kappa shape index (κ3) is 5.17. The fraction of sp³-hybridized carbons (Fsp3) is 0.462. The molecule has 2 unspecified atom stereocenters. The molecule has 0 saturated heterocycles. The van der Waals surface area contributed by atoms with Crippen molar-refractivity contribution in [1.82, 2.24) is 5.32 Å². The van der Waals surface area contributed by atoms with Crippen molar-refractivity contribution < 1.29 is 22.3 Å². The molecule has 8 heteroatoms. The number of benzene rings is 1. The van der Waals surface area contributed by atoms with Crippen LogP contribution in [-0.4, -0.2) is 26.5 Å². The Balaban J connectivity index is 2.95. The summed E-state index contributed by atoms with van der Waals surface area (Å²) in [6, 6.07) is 2.86. The zero-order valence-corrected chi connectivity index (χ0v) is 13.5. The number of nitrogens with one attached hydrogen (secondary N) is 1. The van der Waals surface area contributed by atoms with E-state index in [-0.39, 0.29) is 11.8 Å². The van der Waals surface area contributed by atoms with Gasteiger partial charge in [0.1, 0.15) is 16.5 Å². The third-order valence-corrected chi connectivity index (χ3v) is 4.19. The molecule has 1 amide bonds. The highest BCUT2D eigenvalue weighted by Crippen LogP contribution is 2.28. The maximum absolute atomic E-state index is 13.1. The van der Waals surface area contributed by atoms with Crippen molar-refractivity contribution in [2.75, 3.05) is 0 Å². The molecule has 1 aromatic rings. The van der Waals surface area contributed by atoms with E-state index in [4.69, 9.17) is 15.4 Å². The lowest BCUT2D eigenvalue weighted by molar-refractivity contribution is -0.128. The molecule has 0 aliphatic rings. The summed E-state index contributed by atoms with van der Waals surface area (Å²) in [6.45, 7) is 5.21. The predicted octanol–water partition coefficient (Wildman–Crippen LogP) is 2.44. The van der Waals surface area contributed by atoms with Crippen LogP contribution in [0.3, 0.4) is 0 Å². The SMILES string of the molecule is CCC(C)NC(=O)C(C)Oc1ccc(F)cc1S(=O)(=O)Cl. The van der Waals surface area contributed by atoms with Gasteiger partial charge in [-0.2, -0.15) is 0 Å². The largest absolute Gasteiger partial charge is 0.479 e. The molecule has 1 aromatic carbocycles. The first-order valence-corrected chi connectivity index (χ1v) is 8.67. The van der Waals surface area contributed by atoms with Crippen molar-refractivity contribution in [3.05, 3.63) is 24.0 Å². The van der Waals surface area contributed by atoms with Crippen molar-refractivity contribution in [2.45, 2.75) is 44.2 Å². The number of ether oxygens (including phenoxy) is 1. The summed E-state index contributed by atoms with van der Waals surface area (Å²) in [5.74, 6) is -1.33. The zero-order valence-electron chi connectivity index (χ0n) is 11.9. The molecular formula is C13H17ClFNO4S. The Morgan fingerprint density at radius 1 is 1.43 bits per heavy atom. The smallest absolute Gasteiger partial charge is 0.265 e. The fourth-order valence-electron chi connectivity index (χ4n) is 1.48. The normalized spacial score (nSPS) is 14.3. The van der Waals surface area contributed by atoms with Gasteiger partial charge in [0, 0.05) is 16.7 Å². The Morgan fingerprint density at radius 2 is 2.05 bits per heavy atom. The molecule has 1 rings (SSSR count). The molecule has 0 aliphatic carbocycles. The van der Waals surface area contributed by atoms with Gasteiger partial charge in [0.2, 0.25) is 0 Å². The molecule has 21 heavy (non-hydrogen) atoms. The Hall–Kier alpha value is -1.34. The Kier molecular flexibility index (Phi) is 5.98. The van der Waals surface area contributed by atoms with E-state index in [0.29, 0.717) is 0 Å². The maximum atomic E-state index is 13.1. The molecule has 0 radical (unpaired) electrons. The molecule has 5 nitrogen and oxygen atoms in total. The van der Waals surface area contributed by atoms with Crippen LogP contribution >= 0.6 is 10.7 Å². The summed E-state index contributed by atoms with van der Waals surface area (Å²) < 4.78 is 41.2. The van der Waals surface area contributed by atoms with Gasteiger partial charge in [-0.25, -0.2) is 12.8 Å². The van der Waals surface area contributed by atoms with Crippen LogP contribution in [0.15, 0.2) is 23.1 Å². The Bertz CT molecular complexity index is 621. The molecule has 2 atom stereocenters. The lowest BCUT2D eigenvalue weighted by Crippen LogP contribution is -2.41. The number of carbonyl (C=O) groups excluding carboxylic acids is 1. The summed E-state index contributed by atoms with van der Waals surface area (Å²) in [6.07, 6.45) is -0.197. The van der Waals surface area contributed by atoms with Gasteiger partial charge in [-0.05, 0) is 38.5 Å². The first-order valence-electron chi connectivity index (χ1n) is 6.36. The molecule has 1 N–H and O–H groups in total. The number of rotatable bonds is 6. The molecule has 0 saturated carbocycles. The van der Waals surface area contributed by atoms with Gasteiger partial charge < -0.3 is 10.1 Å². The van der Waals surface area contributed by atoms with Crippen LogP contribution in [0.1, 0.15) is 27.2 Å².